The Labute approximate surface area is 181 Å². The van der Waals surface area contributed by atoms with Crippen molar-refractivity contribution >= 4 is 39.2 Å². The maximum Gasteiger partial charge on any atom is 0.309 e. The molecule has 0 spiro atoms. The minimum atomic E-state index is -3.79. The molecule has 3 rings (SSSR count). The molecule has 0 bridgehead atoms. The first-order valence-corrected chi connectivity index (χ1v) is 11.5. The van der Waals surface area contributed by atoms with E-state index in [0.717, 1.165) is 0 Å². The van der Waals surface area contributed by atoms with Crippen LogP contribution in [-0.4, -0.2) is 44.9 Å². The molecule has 2 aromatic rings. The third-order valence-electron chi connectivity index (χ3n) is 4.91. The Morgan fingerprint density at radius 3 is 2.23 bits per heavy atom. The number of ether oxygens (including phenoxy) is 1. The number of nitrogens with zero attached hydrogens (tertiary/aromatic N) is 1. The van der Waals surface area contributed by atoms with Crippen LogP contribution in [0.3, 0.4) is 0 Å². The lowest BCUT2D eigenvalue weighted by molar-refractivity contribution is -0.149. The lowest BCUT2D eigenvalue weighted by Gasteiger charge is -2.31. The number of anilines is 1. The molecule has 0 atom stereocenters. The van der Waals surface area contributed by atoms with Gasteiger partial charge < -0.3 is 9.64 Å². The Kier molecular flexibility index (Phi) is 6.99. The summed E-state index contributed by atoms with van der Waals surface area (Å²) in [5.41, 5.74) is 0.791. The highest BCUT2D eigenvalue weighted by atomic mass is 35.5. The molecule has 160 valence electrons. The summed E-state index contributed by atoms with van der Waals surface area (Å²) < 4.78 is 32.6. The number of carbonyl (C=O) groups excluding carboxylic acids is 2. The zero-order valence-corrected chi connectivity index (χ0v) is 18.1. The van der Waals surface area contributed by atoms with Gasteiger partial charge in [-0.05, 0) is 68.3 Å². The molecule has 2 aromatic carbocycles. The van der Waals surface area contributed by atoms with E-state index in [1.54, 1.807) is 36.1 Å². The Bertz CT molecular complexity index is 999. The zero-order chi connectivity index (χ0) is 21.7. The van der Waals surface area contributed by atoms with Crippen LogP contribution in [0.5, 0.6) is 0 Å². The van der Waals surface area contributed by atoms with Crippen LogP contribution in [0.1, 0.15) is 30.1 Å². The van der Waals surface area contributed by atoms with E-state index in [4.69, 9.17) is 16.3 Å². The summed E-state index contributed by atoms with van der Waals surface area (Å²) in [5, 5.41) is 0.507. The lowest BCUT2D eigenvalue weighted by Crippen LogP contribution is -2.40. The van der Waals surface area contributed by atoms with Crippen molar-refractivity contribution in [3.8, 4) is 0 Å². The van der Waals surface area contributed by atoms with E-state index < -0.39 is 10.0 Å². The number of hydrogen-bond acceptors (Lipinski definition) is 5. The molecule has 30 heavy (non-hydrogen) atoms. The van der Waals surface area contributed by atoms with Crippen LogP contribution < -0.4 is 4.72 Å². The van der Waals surface area contributed by atoms with Crippen LogP contribution in [-0.2, 0) is 19.6 Å². The summed E-state index contributed by atoms with van der Waals surface area (Å²) in [6.45, 7) is 3.03. The van der Waals surface area contributed by atoms with E-state index in [1.807, 2.05) is 0 Å². The fraction of sp³-hybridized carbons (Fsp3) is 0.333. The standard InChI is InChI=1S/C21H23ClN2O5S/c1-2-29-21(26)16-11-13-24(14-12-16)20(25)15-3-9-19(10-4-15)30(27,28)23-18-7-5-17(22)6-8-18/h3-10,16,23H,2,11-14H2,1H3. The molecule has 0 radical (unpaired) electrons. The number of carbonyl (C=O) groups is 2. The van der Waals surface area contributed by atoms with Gasteiger partial charge in [0.2, 0.25) is 0 Å². The van der Waals surface area contributed by atoms with E-state index in [-0.39, 0.29) is 22.7 Å². The van der Waals surface area contributed by atoms with Gasteiger partial charge in [0.1, 0.15) is 0 Å². The van der Waals surface area contributed by atoms with E-state index in [9.17, 15) is 18.0 Å². The topological polar surface area (TPSA) is 92.8 Å². The second-order valence-corrected chi connectivity index (χ2v) is 9.07. The number of hydrogen-bond donors (Lipinski definition) is 1. The van der Waals surface area contributed by atoms with Crippen LogP contribution in [0, 0.1) is 5.92 Å². The zero-order valence-electron chi connectivity index (χ0n) is 16.5. The number of halogens is 1. The minimum absolute atomic E-state index is 0.0509. The van der Waals surface area contributed by atoms with Crippen molar-refractivity contribution in [1.82, 2.24) is 4.90 Å². The Morgan fingerprint density at radius 1 is 1.07 bits per heavy atom. The molecular weight excluding hydrogens is 428 g/mol. The van der Waals surface area contributed by atoms with Crippen molar-refractivity contribution in [2.24, 2.45) is 5.92 Å². The molecule has 9 heteroatoms. The van der Waals surface area contributed by atoms with Gasteiger partial charge >= 0.3 is 5.97 Å². The molecule has 1 amide bonds. The normalized spacial score (nSPS) is 14.9. The monoisotopic (exact) mass is 450 g/mol. The molecule has 0 aliphatic carbocycles. The fourth-order valence-corrected chi connectivity index (χ4v) is 4.45. The molecule has 0 unspecified atom stereocenters. The molecule has 1 aliphatic rings. The van der Waals surface area contributed by atoms with Gasteiger partial charge in [0.25, 0.3) is 15.9 Å². The van der Waals surface area contributed by atoms with Crippen molar-refractivity contribution in [2.75, 3.05) is 24.4 Å². The predicted molar refractivity (Wildman–Crippen MR) is 114 cm³/mol. The van der Waals surface area contributed by atoms with Crippen molar-refractivity contribution < 1.29 is 22.7 Å². The van der Waals surface area contributed by atoms with Crippen molar-refractivity contribution in [2.45, 2.75) is 24.7 Å². The van der Waals surface area contributed by atoms with Crippen molar-refractivity contribution in [1.29, 1.82) is 0 Å². The molecule has 1 heterocycles. The largest absolute Gasteiger partial charge is 0.466 e. The molecule has 0 saturated carbocycles. The van der Waals surface area contributed by atoms with Gasteiger partial charge in [-0.3, -0.25) is 14.3 Å². The van der Waals surface area contributed by atoms with Gasteiger partial charge in [-0.1, -0.05) is 11.6 Å². The summed E-state index contributed by atoms with van der Waals surface area (Å²) in [5.74, 6) is -0.584. The van der Waals surface area contributed by atoms with Crippen LogP contribution in [0.15, 0.2) is 53.4 Å². The maximum absolute atomic E-state index is 12.7. The van der Waals surface area contributed by atoms with Gasteiger partial charge in [-0.25, -0.2) is 8.42 Å². The van der Waals surface area contributed by atoms with Gasteiger partial charge in [0.15, 0.2) is 0 Å². The molecule has 1 saturated heterocycles. The lowest BCUT2D eigenvalue weighted by atomic mass is 9.96. The van der Waals surface area contributed by atoms with E-state index in [0.29, 0.717) is 48.8 Å². The summed E-state index contributed by atoms with van der Waals surface area (Å²) >= 11 is 5.81. The number of rotatable bonds is 6. The summed E-state index contributed by atoms with van der Waals surface area (Å²) in [7, 11) is -3.79. The first kappa shape index (κ1) is 22.1. The number of piperidine rings is 1. The molecular formula is C21H23ClN2O5S. The van der Waals surface area contributed by atoms with Gasteiger partial charge in [-0.15, -0.1) is 0 Å². The molecule has 1 fully saturated rings. The molecule has 7 nitrogen and oxygen atoms in total. The van der Waals surface area contributed by atoms with E-state index >= 15 is 0 Å². The smallest absolute Gasteiger partial charge is 0.309 e. The van der Waals surface area contributed by atoms with Crippen LogP contribution in [0.4, 0.5) is 5.69 Å². The molecule has 1 aliphatic heterocycles. The second-order valence-electron chi connectivity index (χ2n) is 6.96. The Balaban J connectivity index is 1.63. The van der Waals surface area contributed by atoms with Crippen molar-refractivity contribution in [3.05, 3.63) is 59.1 Å². The average molecular weight is 451 g/mol. The summed E-state index contributed by atoms with van der Waals surface area (Å²) in [6.07, 6.45) is 1.12. The molecule has 0 aromatic heterocycles. The van der Waals surface area contributed by atoms with E-state index in [1.165, 1.54) is 24.3 Å². The summed E-state index contributed by atoms with van der Waals surface area (Å²) in [6, 6.07) is 12.1. The predicted octanol–water partition coefficient (Wildman–Crippen LogP) is 3.56. The first-order chi connectivity index (χ1) is 14.3. The van der Waals surface area contributed by atoms with Gasteiger partial charge in [-0.2, -0.15) is 0 Å². The fourth-order valence-electron chi connectivity index (χ4n) is 3.27. The SMILES string of the molecule is CCOC(=O)C1CCN(C(=O)c2ccc(S(=O)(=O)Nc3ccc(Cl)cc3)cc2)CC1. The number of likely N-dealkylation sites (tertiary alicyclic amines) is 1. The van der Waals surface area contributed by atoms with E-state index in [2.05, 4.69) is 4.72 Å². The highest BCUT2D eigenvalue weighted by molar-refractivity contribution is 7.92. The Hall–Kier alpha value is -2.58. The third kappa shape index (κ3) is 5.31. The first-order valence-electron chi connectivity index (χ1n) is 9.64. The second kappa shape index (κ2) is 9.49. The number of nitrogens with one attached hydrogen (secondary N) is 1. The van der Waals surface area contributed by atoms with Crippen molar-refractivity contribution in [3.63, 3.8) is 0 Å². The quantitative estimate of drug-likeness (QED) is 0.679. The minimum Gasteiger partial charge on any atom is -0.466 e. The highest BCUT2D eigenvalue weighted by Gasteiger charge is 2.28. The number of amides is 1. The summed E-state index contributed by atoms with van der Waals surface area (Å²) in [4.78, 5) is 26.3. The third-order valence-corrected chi connectivity index (χ3v) is 6.56. The van der Waals surface area contributed by atoms with Gasteiger partial charge in [0.05, 0.1) is 17.4 Å². The van der Waals surface area contributed by atoms with Crippen LogP contribution in [0.25, 0.3) is 0 Å². The van der Waals surface area contributed by atoms with Crippen LogP contribution >= 0.6 is 11.6 Å². The van der Waals surface area contributed by atoms with Crippen LogP contribution in [0.2, 0.25) is 5.02 Å². The number of sulfonamides is 1. The number of benzene rings is 2. The average Bonchev–Trinajstić information content (AvgIpc) is 2.75. The van der Waals surface area contributed by atoms with Gasteiger partial charge in [0, 0.05) is 29.4 Å². The molecule has 1 N–H and O–H groups in total. The number of esters is 1. The Morgan fingerprint density at radius 2 is 1.67 bits per heavy atom. The highest BCUT2D eigenvalue weighted by Crippen LogP contribution is 2.22. The maximum atomic E-state index is 12.7.